The summed E-state index contributed by atoms with van der Waals surface area (Å²) in [6, 6.07) is 15.1. The average Bonchev–Trinajstić information content (AvgIpc) is 3.17. The third-order valence-electron chi connectivity index (χ3n) is 4.48. The van der Waals surface area contributed by atoms with E-state index in [0.717, 1.165) is 0 Å². The summed E-state index contributed by atoms with van der Waals surface area (Å²) in [7, 11) is 2.96. The van der Waals surface area contributed by atoms with Crippen molar-refractivity contribution < 1.29 is 14.3 Å². The Morgan fingerprint density at radius 1 is 1.00 bits per heavy atom. The van der Waals surface area contributed by atoms with Gasteiger partial charge in [0.2, 0.25) is 0 Å². The number of hydrogen-bond acceptors (Lipinski definition) is 5. The van der Waals surface area contributed by atoms with Crippen LogP contribution in [0.25, 0.3) is 16.6 Å². The summed E-state index contributed by atoms with van der Waals surface area (Å²) in [5.74, 6) is -0.990. The highest BCUT2D eigenvalue weighted by Gasteiger charge is 2.17. The second-order valence-electron chi connectivity index (χ2n) is 6.21. The molecule has 28 heavy (non-hydrogen) atoms. The number of methoxy groups -OCH3 is 1. The van der Waals surface area contributed by atoms with Gasteiger partial charge in [0.05, 0.1) is 23.7 Å². The fraction of sp³-hybridized carbons (Fsp3) is 0.100. The lowest BCUT2D eigenvalue weighted by Crippen LogP contribution is -2.19. The first-order valence-corrected chi connectivity index (χ1v) is 8.47. The number of hydrogen-bond donors (Lipinski definition) is 1. The molecule has 4 aromatic rings. The molecule has 4 rings (SSSR count). The number of aryl methyl sites for hydroxylation is 1. The van der Waals surface area contributed by atoms with Crippen molar-refractivity contribution in [1.82, 2.24) is 14.2 Å². The molecule has 8 heteroatoms. The van der Waals surface area contributed by atoms with Gasteiger partial charge in [0.1, 0.15) is 5.52 Å². The van der Waals surface area contributed by atoms with Crippen LogP contribution >= 0.6 is 0 Å². The number of ether oxygens (including phenoxy) is 1. The number of benzene rings is 2. The summed E-state index contributed by atoms with van der Waals surface area (Å²) in [4.78, 5) is 36.9. The molecule has 0 aliphatic heterocycles. The molecule has 0 fully saturated rings. The number of nitrogens with one attached hydrogen (secondary N) is 1. The van der Waals surface area contributed by atoms with E-state index in [2.05, 4.69) is 15.2 Å². The van der Waals surface area contributed by atoms with Crippen LogP contribution in [0.3, 0.4) is 0 Å². The fourth-order valence-electron chi connectivity index (χ4n) is 3.07. The molecule has 0 aliphatic rings. The van der Waals surface area contributed by atoms with Gasteiger partial charge in [-0.1, -0.05) is 18.2 Å². The first kappa shape index (κ1) is 17.5. The number of carbonyl (C=O) groups excluding carboxylic acids is 2. The van der Waals surface area contributed by atoms with Gasteiger partial charge in [-0.3, -0.25) is 9.59 Å². The van der Waals surface area contributed by atoms with Gasteiger partial charge in [0.25, 0.3) is 11.5 Å². The highest BCUT2D eigenvalue weighted by molar-refractivity contribution is 6.04. The van der Waals surface area contributed by atoms with Crippen molar-refractivity contribution >= 4 is 34.1 Å². The Morgan fingerprint density at radius 3 is 2.50 bits per heavy atom. The third-order valence-corrected chi connectivity index (χ3v) is 4.48. The topological polar surface area (TPSA) is 94.7 Å². The number of amides is 1. The second-order valence-corrected chi connectivity index (χ2v) is 6.21. The SMILES string of the molecule is COC(=O)c1cccc(NC(=O)c2cc3c(=O)n(C)c4ccccc4n3n2)c1. The van der Waals surface area contributed by atoms with E-state index in [1.54, 1.807) is 25.2 Å². The zero-order valence-electron chi connectivity index (χ0n) is 15.2. The van der Waals surface area contributed by atoms with E-state index in [9.17, 15) is 14.4 Å². The Kier molecular flexibility index (Phi) is 4.15. The third kappa shape index (κ3) is 2.81. The minimum absolute atomic E-state index is 0.0944. The van der Waals surface area contributed by atoms with Gasteiger partial charge in [-0.15, -0.1) is 0 Å². The second kappa shape index (κ2) is 6.66. The van der Waals surface area contributed by atoms with Gasteiger partial charge in [-0.2, -0.15) is 5.10 Å². The van der Waals surface area contributed by atoms with Gasteiger partial charge < -0.3 is 14.6 Å². The van der Waals surface area contributed by atoms with Crippen LogP contribution in [0.2, 0.25) is 0 Å². The molecule has 0 saturated carbocycles. The normalized spacial score (nSPS) is 10.9. The predicted octanol–water partition coefficient (Wildman–Crippen LogP) is 2.23. The molecule has 0 radical (unpaired) electrons. The monoisotopic (exact) mass is 376 g/mol. The minimum Gasteiger partial charge on any atom is -0.465 e. The van der Waals surface area contributed by atoms with E-state index in [4.69, 9.17) is 0 Å². The summed E-state index contributed by atoms with van der Waals surface area (Å²) < 4.78 is 7.67. The Bertz CT molecular complexity index is 1300. The Labute approximate surface area is 159 Å². The van der Waals surface area contributed by atoms with Crippen LogP contribution in [0.15, 0.2) is 59.4 Å². The molecule has 0 bridgehead atoms. The highest BCUT2D eigenvalue weighted by Crippen LogP contribution is 2.16. The van der Waals surface area contributed by atoms with E-state index < -0.39 is 11.9 Å². The van der Waals surface area contributed by atoms with Crippen LogP contribution in [-0.2, 0) is 11.8 Å². The summed E-state index contributed by atoms with van der Waals surface area (Å²) in [5, 5.41) is 7.00. The molecule has 2 heterocycles. The summed E-state index contributed by atoms with van der Waals surface area (Å²) in [6.07, 6.45) is 0. The van der Waals surface area contributed by atoms with Crippen LogP contribution in [0.4, 0.5) is 5.69 Å². The number of nitrogens with zero attached hydrogens (tertiary/aromatic N) is 3. The number of aromatic nitrogens is 3. The molecule has 8 nitrogen and oxygen atoms in total. The molecule has 2 aromatic carbocycles. The maximum Gasteiger partial charge on any atom is 0.337 e. The van der Waals surface area contributed by atoms with Gasteiger partial charge in [0, 0.05) is 18.8 Å². The largest absolute Gasteiger partial charge is 0.465 e. The average molecular weight is 376 g/mol. The number of carbonyl (C=O) groups is 2. The highest BCUT2D eigenvalue weighted by atomic mass is 16.5. The first-order chi connectivity index (χ1) is 13.5. The van der Waals surface area contributed by atoms with E-state index in [1.807, 2.05) is 24.3 Å². The van der Waals surface area contributed by atoms with Crippen molar-refractivity contribution in [2.24, 2.45) is 7.05 Å². The standard InChI is InChI=1S/C20H16N4O4/c1-23-15-8-3-4-9-16(15)24-17(19(23)26)11-14(22-24)18(25)21-13-7-5-6-12(10-13)20(27)28-2/h3-11H,1-2H3,(H,21,25). The lowest BCUT2D eigenvalue weighted by molar-refractivity contribution is 0.0600. The van der Waals surface area contributed by atoms with E-state index >= 15 is 0 Å². The van der Waals surface area contributed by atoms with Gasteiger partial charge in [-0.25, -0.2) is 9.31 Å². The molecule has 0 unspecified atom stereocenters. The van der Waals surface area contributed by atoms with Crippen LogP contribution in [0, 0.1) is 0 Å². The summed E-state index contributed by atoms with van der Waals surface area (Å²) in [5.41, 5.74) is 2.30. The molecule has 0 aliphatic carbocycles. The predicted molar refractivity (Wildman–Crippen MR) is 104 cm³/mol. The molecule has 1 amide bonds. The lowest BCUT2D eigenvalue weighted by Gasteiger charge is -2.06. The Hall–Kier alpha value is -3.94. The van der Waals surface area contributed by atoms with E-state index in [-0.39, 0.29) is 11.3 Å². The van der Waals surface area contributed by atoms with Crippen LogP contribution in [0.5, 0.6) is 0 Å². The molecule has 1 N–H and O–H groups in total. The molecule has 0 spiro atoms. The molecule has 2 aromatic heterocycles. The fourth-order valence-corrected chi connectivity index (χ4v) is 3.07. The van der Waals surface area contributed by atoms with Crippen molar-refractivity contribution in [3.63, 3.8) is 0 Å². The summed E-state index contributed by atoms with van der Waals surface area (Å²) in [6.45, 7) is 0. The van der Waals surface area contributed by atoms with Gasteiger partial charge in [-0.05, 0) is 30.3 Å². The van der Waals surface area contributed by atoms with Gasteiger partial charge >= 0.3 is 5.97 Å². The zero-order valence-corrected chi connectivity index (χ0v) is 15.2. The number of para-hydroxylation sites is 2. The van der Waals surface area contributed by atoms with E-state index in [1.165, 1.54) is 28.3 Å². The molecular formula is C20H16N4O4. The number of fused-ring (bicyclic) bond motifs is 3. The van der Waals surface area contributed by atoms with Crippen LogP contribution < -0.4 is 10.9 Å². The maximum absolute atomic E-state index is 12.7. The van der Waals surface area contributed by atoms with Crippen LogP contribution in [0.1, 0.15) is 20.8 Å². The molecule has 0 saturated heterocycles. The van der Waals surface area contributed by atoms with Crippen LogP contribution in [-0.4, -0.2) is 33.2 Å². The quantitative estimate of drug-likeness (QED) is 0.553. The maximum atomic E-state index is 12.7. The van der Waals surface area contributed by atoms with Crippen molar-refractivity contribution in [1.29, 1.82) is 0 Å². The lowest BCUT2D eigenvalue weighted by atomic mass is 10.2. The van der Waals surface area contributed by atoms with Crippen molar-refractivity contribution in [3.05, 3.63) is 76.2 Å². The van der Waals surface area contributed by atoms with Gasteiger partial charge in [0.15, 0.2) is 5.69 Å². The Morgan fingerprint density at radius 2 is 1.75 bits per heavy atom. The zero-order chi connectivity index (χ0) is 19.8. The number of rotatable bonds is 3. The first-order valence-electron chi connectivity index (χ1n) is 8.47. The Balaban J connectivity index is 1.75. The van der Waals surface area contributed by atoms with E-state index in [0.29, 0.717) is 27.8 Å². The van der Waals surface area contributed by atoms with Crippen molar-refractivity contribution in [3.8, 4) is 0 Å². The van der Waals surface area contributed by atoms with Crippen molar-refractivity contribution in [2.75, 3.05) is 12.4 Å². The van der Waals surface area contributed by atoms with Crippen molar-refractivity contribution in [2.45, 2.75) is 0 Å². The number of esters is 1. The molecule has 140 valence electrons. The summed E-state index contributed by atoms with van der Waals surface area (Å²) >= 11 is 0. The molecule has 0 atom stereocenters. The minimum atomic E-state index is -0.501. The molecular weight excluding hydrogens is 360 g/mol. The number of anilines is 1. The smallest absolute Gasteiger partial charge is 0.337 e.